The van der Waals surface area contributed by atoms with Crippen molar-refractivity contribution < 1.29 is 9.53 Å². The molecule has 2 aromatic carbocycles. The van der Waals surface area contributed by atoms with Gasteiger partial charge < -0.3 is 29.7 Å². The summed E-state index contributed by atoms with van der Waals surface area (Å²) in [6.45, 7) is 5.20. The molecule has 0 unspecified atom stereocenters. The fraction of sp³-hybridized carbons (Fsp3) is 0.250. The maximum atomic E-state index is 12.3. The van der Waals surface area contributed by atoms with E-state index in [1.54, 1.807) is 13.3 Å². The maximum Gasteiger partial charge on any atom is 0.247 e. The fourth-order valence-electron chi connectivity index (χ4n) is 4.53. The van der Waals surface area contributed by atoms with Crippen molar-refractivity contribution in [2.75, 3.05) is 56.9 Å². The molecule has 12 heteroatoms. The number of ether oxygens (including phenoxy) is 1. The number of fused-ring (bicyclic) bond motifs is 1. The number of carbonyl (C=O) groups is 1. The first kappa shape index (κ1) is 28.8. The van der Waals surface area contributed by atoms with Gasteiger partial charge in [-0.1, -0.05) is 24.8 Å². The number of hydrogen-bond donors (Lipinski definition) is 2. The van der Waals surface area contributed by atoms with E-state index in [4.69, 9.17) is 9.72 Å². The second kappa shape index (κ2) is 11.9. The van der Waals surface area contributed by atoms with E-state index in [9.17, 15) is 4.79 Å². The number of methoxy groups -OCH3 is 1. The molecule has 0 atom stereocenters. The van der Waals surface area contributed by atoms with Crippen molar-refractivity contribution in [1.82, 2.24) is 19.4 Å². The monoisotopic (exact) mass is 535 g/mol. The molecule has 204 valence electrons. The molecule has 0 aliphatic rings. The third-order valence-electron chi connectivity index (χ3n) is 6.67. The largest absolute Gasteiger partial charge is 0.494 e. The highest BCUT2D eigenvalue weighted by molar-refractivity contribution is 6.57. The summed E-state index contributed by atoms with van der Waals surface area (Å²) in [7, 11) is 14.2. The zero-order chi connectivity index (χ0) is 29.0. The molecule has 2 N–H and O–H groups in total. The SMILES string of the molecule is BC(B)(B)n1cc(-c2ccnc(Nc3cc(NC(=O)C=C)c(N(C)CCN(C)C)cc3OC)n2)c2ccccc21. The second-order valence-corrected chi connectivity index (χ2v) is 11.0. The summed E-state index contributed by atoms with van der Waals surface area (Å²) in [4.78, 5) is 25.8. The van der Waals surface area contributed by atoms with Gasteiger partial charge in [-0.25, -0.2) is 9.97 Å². The number of rotatable bonds is 11. The van der Waals surface area contributed by atoms with Crippen LogP contribution in [0, 0.1) is 0 Å². The highest BCUT2D eigenvalue weighted by atomic mass is 16.5. The highest BCUT2D eigenvalue weighted by Gasteiger charge is 2.20. The van der Waals surface area contributed by atoms with Crippen molar-refractivity contribution >= 4 is 63.4 Å². The number of nitrogens with zero attached hydrogens (tertiary/aromatic N) is 5. The number of benzene rings is 2. The first-order valence-electron chi connectivity index (χ1n) is 13.2. The maximum absolute atomic E-state index is 12.3. The van der Waals surface area contributed by atoms with E-state index in [2.05, 4.69) is 84.5 Å². The van der Waals surface area contributed by atoms with Crippen molar-refractivity contribution in [3.8, 4) is 17.0 Å². The van der Waals surface area contributed by atoms with Crippen LogP contribution in [0.5, 0.6) is 5.75 Å². The Labute approximate surface area is 238 Å². The van der Waals surface area contributed by atoms with Crippen LogP contribution in [-0.2, 0) is 10.0 Å². The Morgan fingerprint density at radius 3 is 2.55 bits per heavy atom. The summed E-state index contributed by atoms with van der Waals surface area (Å²) in [6, 6.07) is 14.0. The number of para-hydroxylation sites is 1. The van der Waals surface area contributed by atoms with Crippen LogP contribution >= 0.6 is 0 Å². The molecule has 4 rings (SSSR count). The summed E-state index contributed by atoms with van der Waals surface area (Å²) in [5.41, 5.74) is 5.05. The first-order valence-corrected chi connectivity index (χ1v) is 13.2. The first-order chi connectivity index (χ1) is 19.0. The summed E-state index contributed by atoms with van der Waals surface area (Å²) >= 11 is 0. The Kier molecular flexibility index (Phi) is 8.59. The number of likely N-dealkylation sites (N-methyl/N-ethyl adjacent to an activating group) is 2. The number of anilines is 4. The quantitative estimate of drug-likeness (QED) is 0.222. The second-order valence-electron chi connectivity index (χ2n) is 11.0. The number of hydrogen-bond acceptors (Lipinski definition) is 7. The molecule has 0 aliphatic carbocycles. The Morgan fingerprint density at radius 2 is 1.88 bits per heavy atom. The average Bonchev–Trinajstić information content (AvgIpc) is 3.32. The predicted octanol–water partition coefficient (Wildman–Crippen LogP) is 1.44. The van der Waals surface area contributed by atoms with Gasteiger partial charge in [0.1, 0.15) is 29.3 Å². The summed E-state index contributed by atoms with van der Waals surface area (Å²) in [5.74, 6) is 0.714. The van der Waals surface area contributed by atoms with Crippen LogP contribution in [0.15, 0.2) is 67.5 Å². The number of nitrogens with one attached hydrogen (secondary N) is 2. The van der Waals surface area contributed by atoms with Crippen molar-refractivity contribution in [1.29, 1.82) is 0 Å². The van der Waals surface area contributed by atoms with E-state index in [0.29, 0.717) is 23.1 Å². The predicted molar refractivity (Wildman–Crippen MR) is 173 cm³/mol. The van der Waals surface area contributed by atoms with E-state index in [1.807, 2.05) is 45.4 Å². The van der Waals surface area contributed by atoms with Gasteiger partial charge in [0.25, 0.3) is 0 Å². The van der Waals surface area contributed by atoms with Gasteiger partial charge in [-0.2, -0.15) is 0 Å². The zero-order valence-corrected chi connectivity index (χ0v) is 24.4. The van der Waals surface area contributed by atoms with Gasteiger partial charge in [0.05, 0.1) is 29.9 Å². The van der Waals surface area contributed by atoms with Gasteiger partial charge in [-0.3, -0.25) is 4.79 Å². The molecule has 0 aliphatic heterocycles. The Hall–Kier alpha value is -4.18. The molecule has 9 nitrogen and oxygen atoms in total. The van der Waals surface area contributed by atoms with Gasteiger partial charge in [0.15, 0.2) is 0 Å². The third-order valence-corrected chi connectivity index (χ3v) is 6.67. The van der Waals surface area contributed by atoms with Gasteiger partial charge in [-0.05, 0) is 43.6 Å². The minimum Gasteiger partial charge on any atom is -0.494 e. The van der Waals surface area contributed by atoms with E-state index in [-0.39, 0.29) is 11.1 Å². The van der Waals surface area contributed by atoms with Crippen LogP contribution in [0.2, 0.25) is 0 Å². The van der Waals surface area contributed by atoms with Crippen molar-refractivity contribution in [3.63, 3.8) is 0 Å². The van der Waals surface area contributed by atoms with Gasteiger partial charge in [0.2, 0.25) is 11.9 Å². The summed E-state index contributed by atoms with van der Waals surface area (Å²) in [5, 5.41) is 7.27. The molecule has 0 fully saturated rings. The molecule has 40 heavy (non-hydrogen) atoms. The molecular weight excluding hydrogens is 499 g/mol. The van der Waals surface area contributed by atoms with Crippen LogP contribution in [0.4, 0.5) is 23.0 Å². The molecule has 0 saturated heterocycles. The molecule has 2 heterocycles. The normalized spacial score (nSPS) is 11.4. The molecule has 0 radical (unpaired) electrons. The lowest BCUT2D eigenvalue weighted by Gasteiger charge is -2.26. The molecule has 0 bridgehead atoms. The molecule has 2 aromatic heterocycles. The van der Waals surface area contributed by atoms with Crippen molar-refractivity contribution in [2.45, 2.75) is 5.24 Å². The van der Waals surface area contributed by atoms with Gasteiger partial charge >= 0.3 is 0 Å². The molecule has 4 aromatic rings. The Bertz CT molecular complexity index is 1530. The topological polar surface area (TPSA) is 87.6 Å². The molecule has 0 saturated carbocycles. The number of amides is 1. The molecular formula is C28H36B3N7O2. The smallest absolute Gasteiger partial charge is 0.247 e. The number of aromatic nitrogens is 3. The highest BCUT2D eigenvalue weighted by Crippen LogP contribution is 2.38. The van der Waals surface area contributed by atoms with Crippen LogP contribution in [0.3, 0.4) is 0 Å². The van der Waals surface area contributed by atoms with Crippen molar-refractivity contribution in [2.24, 2.45) is 0 Å². The average molecular weight is 535 g/mol. The summed E-state index contributed by atoms with van der Waals surface area (Å²) < 4.78 is 8.02. The lowest BCUT2D eigenvalue weighted by Crippen LogP contribution is -2.34. The lowest BCUT2D eigenvalue weighted by molar-refractivity contribution is -0.111. The minimum atomic E-state index is -0.299. The lowest BCUT2D eigenvalue weighted by atomic mass is 9.49. The molecule has 1 amide bonds. The van der Waals surface area contributed by atoms with E-state index >= 15 is 0 Å². The summed E-state index contributed by atoms with van der Waals surface area (Å²) in [6.07, 6.45) is 5.14. The Morgan fingerprint density at radius 1 is 1.12 bits per heavy atom. The number of carbonyl (C=O) groups excluding carboxylic acids is 1. The fourth-order valence-corrected chi connectivity index (χ4v) is 4.53. The van der Waals surface area contributed by atoms with Crippen LogP contribution in [-0.4, -0.2) is 90.2 Å². The molecule has 0 spiro atoms. The zero-order valence-electron chi connectivity index (χ0n) is 24.4. The standard InChI is InChI=1S/C28H36B3N7O2/c1-6-26(39)33-21-15-22(25(40-5)16-24(21)37(4)14-13-36(2)3)35-27-32-12-11-20(34-27)19-17-38(28(29,30)31)23-10-8-7-9-18(19)23/h6-12,15-17H,1,13-14,29-31H2,2-5H3,(H,33,39)(H,32,34,35). The van der Waals surface area contributed by atoms with E-state index < -0.39 is 0 Å². The van der Waals surface area contributed by atoms with E-state index in [1.165, 1.54) is 6.08 Å². The van der Waals surface area contributed by atoms with Crippen LogP contribution < -0.4 is 20.3 Å². The van der Waals surface area contributed by atoms with Gasteiger partial charge in [-0.15, -0.1) is 0 Å². The third kappa shape index (κ3) is 6.34. The van der Waals surface area contributed by atoms with Crippen molar-refractivity contribution in [3.05, 3.63) is 67.5 Å². The van der Waals surface area contributed by atoms with Crippen LogP contribution in [0.25, 0.3) is 22.2 Å². The Balaban J connectivity index is 1.74. The van der Waals surface area contributed by atoms with E-state index in [0.717, 1.165) is 40.9 Å². The van der Waals surface area contributed by atoms with Crippen LogP contribution in [0.1, 0.15) is 0 Å². The minimum absolute atomic E-state index is 0.0902. The van der Waals surface area contributed by atoms with Gasteiger partial charge in [0, 0.05) is 55.1 Å².